The van der Waals surface area contributed by atoms with Gasteiger partial charge >= 0.3 is 0 Å². The van der Waals surface area contributed by atoms with E-state index in [2.05, 4.69) is 5.32 Å². The third-order valence-electron chi connectivity index (χ3n) is 5.19. The highest BCUT2D eigenvalue weighted by Gasteiger charge is 2.38. The van der Waals surface area contributed by atoms with Crippen LogP contribution in [-0.4, -0.2) is 32.2 Å². The molecule has 3 rings (SSSR count). The van der Waals surface area contributed by atoms with Crippen molar-refractivity contribution in [3.63, 3.8) is 0 Å². The van der Waals surface area contributed by atoms with Gasteiger partial charge in [0.2, 0.25) is 5.91 Å². The smallest absolute Gasteiger partial charge is 0.227 e. The van der Waals surface area contributed by atoms with Crippen LogP contribution in [0.4, 0.5) is 0 Å². The molecule has 1 aliphatic heterocycles. The van der Waals surface area contributed by atoms with Gasteiger partial charge < -0.3 is 20.5 Å². The first-order valence-corrected chi connectivity index (χ1v) is 9.54. The summed E-state index contributed by atoms with van der Waals surface area (Å²) in [7, 11) is 0. The van der Waals surface area contributed by atoms with E-state index >= 15 is 0 Å². The normalized spacial score (nSPS) is 15.3. The zero-order chi connectivity index (χ0) is 19.0. The Kier molecular flexibility index (Phi) is 8.77. The molecule has 1 amide bonds. The lowest BCUT2D eigenvalue weighted by Crippen LogP contribution is -2.49. The van der Waals surface area contributed by atoms with E-state index in [9.17, 15) is 4.79 Å². The lowest BCUT2D eigenvalue weighted by atomic mass is 9.79. The highest BCUT2D eigenvalue weighted by molar-refractivity contribution is 5.85. The van der Waals surface area contributed by atoms with Crippen LogP contribution in [0.5, 0.6) is 5.75 Å². The maximum absolute atomic E-state index is 12.5. The van der Waals surface area contributed by atoms with E-state index in [-0.39, 0.29) is 18.3 Å². The number of nitrogens with one attached hydrogen (secondary N) is 1. The third-order valence-corrected chi connectivity index (χ3v) is 5.19. The highest BCUT2D eigenvalue weighted by atomic mass is 35.5. The lowest BCUT2D eigenvalue weighted by molar-refractivity contribution is -0.135. The van der Waals surface area contributed by atoms with Crippen LogP contribution >= 0.6 is 12.4 Å². The standard InChI is InChI=1S/C22H28N2O3.ClH/c23-17-22(11-14-26-15-12-22)21(25)24-13-10-18-6-8-20(9-7-18)27-16-19-4-2-1-3-5-19;/h1-9H,10-17,23H2,(H,24,25);1H. The second kappa shape index (κ2) is 11.1. The molecule has 1 fully saturated rings. The van der Waals surface area contributed by atoms with E-state index in [4.69, 9.17) is 15.2 Å². The molecule has 0 saturated carbocycles. The van der Waals surface area contributed by atoms with E-state index in [1.54, 1.807) is 0 Å². The van der Waals surface area contributed by atoms with Gasteiger partial charge in [0.15, 0.2) is 0 Å². The van der Waals surface area contributed by atoms with Crippen molar-refractivity contribution in [2.45, 2.75) is 25.9 Å². The highest BCUT2D eigenvalue weighted by Crippen LogP contribution is 2.29. The van der Waals surface area contributed by atoms with Gasteiger partial charge in [-0.25, -0.2) is 0 Å². The summed E-state index contributed by atoms with van der Waals surface area (Å²) in [5, 5.41) is 3.05. The van der Waals surface area contributed by atoms with Crippen LogP contribution < -0.4 is 15.8 Å². The molecule has 0 atom stereocenters. The first-order chi connectivity index (χ1) is 13.2. The molecule has 0 aliphatic carbocycles. The Morgan fingerprint density at radius 1 is 1.04 bits per heavy atom. The zero-order valence-electron chi connectivity index (χ0n) is 16.1. The molecule has 0 radical (unpaired) electrons. The van der Waals surface area contributed by atoms with Gasteiger partial charge in [0.25, 0.3) is 0 Å². The number of rotatable bonds is 8. The van der Waals surface area contributed by atoms with Crippen LogP contribution in [0.1, 0.15) is 24.0 Å². The molecule has 6 heteroatoms. The Morgan fingerprint density at radius 3 is 2.36 bits per heavy atom. The number of carbonyl (C=O) groups is 1. The number of nitrogens with two attached hydrogens (primary N) is 1. The molecule has 3 N–H and O–H groups in total. The minimum Gasteiger partial charge on any atom is -0.489 e. The largest absolute Gasteiger partial charge is 0.489 e. The second-order valence-corrected chi connectivity index (χ2v) is 7.02. The fourth-order valence-corrected chi connectivity index (χ4v) is 3.29. The summed E-state index contributed by atoms with van der Waals surface area (Å²) in [5.41, 5.74) is 7.72. The second-order valence-electron chi connectivity index (χ2n) is 7.02. The molecular formula is C22H29ClN2O3. The quantitative estimate of drug-likeness (QED) is 0.709. The molecule has 2 aromatic carbocycles. The average Bonchev–Trinajstić information content (AvgIpc) is 2.74. The molecule has 0 bridgehead atoms. The Hall–Kier alpha value is -2.08. The lowest BCUT2D eigenvalue weighted by Gasteiger charge is -2.34. The first-order valence-electron chi connectivity index (χ1n) is 9.54. The van der Waals surface area contributed by atoms with Crippen molar-refractivity contribution in [1.29, 1.82) is 0 Å². The summed E-state index contributed by atoms with van der Waals surface area (Å²) < 4.78 is 11.2. The number of hydrogen-bond donors (Lipinski definition) is 2. The summed E-state index contributed by atoms with van der Waals surface area (Å²) in [6.07, 6.45) is 2.17. The number of halogens is 1. The molecule has 152 valence electrons. The molecule has 0 spiro atoms. The van der Waals surface area contributed by atoms with Crippen molar-refractivity contribution < 1.29 is 14.3 Å². The molecular weight excluding hydrogens is 376 g/mol. The molecule has 28 heavy (non-hydrogen) atoms. The number of ether oxygens (including phenoxy) is 2. The Balaban J connectivity index is 0.00000280. The summed E-state index contributed by atoms with van der Waals surface area (Å²) in [5.74, 6) is 0.895. The van der Waals surface area contributed by atoms with Gasteiger partial charge in [-0.05, 0) is 42.5 Å². The van der Waals surface area contributed by atoms with Crippen molar-refractivity contribution >= 4 is 18.3 Å². The van der Waals surface area contributed by atoms with E-state index < -0.39 is 5.41 Å². The minimum absolute atomic E-state index is 0. The van der Waals surface area contributed by atoms with Gasteiger partial charge in [0.05, 0.1) is 5.41 Å². The van der Waals surface area contributed by atoms with Crippen LogP contribution in [0.3, 0.4) is 0 Å². The average molecular weight is 405 g/mol. The molecule has 2 aromatic rings. The number of amides is 1. The van der Waals surface area contributed by atoms with Crippen LogP contribution in [-0.2, 0) is 22.6 Å². The van der Waals surface area contributed by atoms with Crippen molar-refractivity contribution in [2.75, 3.05) is 26.3 Å². The molecule has 1 saturated heterocycles. The zero-order valence-corrected chi connectivity index (χ0v) is 16.9. The summed E-state index contributed by atoms with van der Waals surface area (Å²) in [6.45, 7) is 2.74. The predicted molar refractivity (Wildman–Crippen MR) is 113 cm³/mol. The number of benzene rings is 2. The van der Waals surface area contributed by atoms with Gasteiger partial charge in [0.1, 0.15) is 12.4 Å². The van der Waals surface area contributed by atoms with E-state index in [1.807, 2.05) is 54.6 Å². The first kappa shape index (κ1) is 22.2. The van der Waals surface area contributed by atoms with E-state index in [0.29, 0.717) is 45.8 Å². The Bertz CT molecular complexity index is 716. The van der Waals surface area contributed by atoms with Gasteiger partial charge in [-0.2, -0.15) is 0 Å². The van der Waals surface area contributed by atoms with Crippen molar-refractivity contribution in [3.8, 4) is 5.75 Å². The van der Waals surface area contributed by atoms with E-state index in [0.717, 1.165) is 23.3 Å². The SMILES string of the molecule is Cl.NCC1(C(=O)NCCc2ccc(OCc3ccccc3)cc2)CCOCC1. The fraction of sp³-hybridized carbons (Fsp3) is 0.409. The number of hydrogen-bond acceptors (Lipinski definition) is 4. The summed E-state index contributed by atoms with van der Waals surface area (Å²) >= 11 is 0. The van der Waals surface area contributed by atoms with Crippen LogP contribution in [0, 0.1) is 5.41 Å². The van der Waals surface area contributed by atoms with Crippen LogP contribution in [0.25, 0.3) is 0 Å². The fourth-order valence-electron chi connectivity index (χ4n) is 3.29. The molecule has 0 unspecified atom stereocenters. The topological polar surface area (TPSA) is 73.6 Å². The third kappa shape index (κ3) is 5.96. The summed E-state index contributed by atoms with van der Waals surface area (Å²) in [4.78, 5) is 12.5. The Labute approximate surface area is 173 Å². The van der Waals surface area contributed by atoms with Gasteiger partial charge in [-0.3, -0.25) is 4.79 Å². The Morgan fingerprint density at radius 2 is 1.71 bits per heavy atom. The van der Waals surface area contributed by atoms with Crippen molar-refractivity contribution in [3.05, 3.63) is 65.7 Å². The van der Waals surface area contributed by atoms with Crippen molar-refractivity contribution in [1.82, 2.24) is 5.32 Å². The molecule has 5 nitrogen and oxygen atoms in total. The maximum Gasteiger partial charge on any atom is 0.227 e. The van der Waals surface area contributed by atoms with Crippen LogP contribution in [0.2, 0.25) is 0 Å². The molecule has 0 aromatic heterocycles. The van der Waals surface area contributed by atoms with Gasteiger partial charge in [-0.15, -0.1) is 12.4 Å². The maximum atomic E-state index is 12.5. The summed E-state index contributed by atoms with van der Waals surface area (Å²) in [6, 6.07) is 18.1. The number of carbonyl (C=O) groups excluding carboxylic acids is 1. The van der Waals surface area contributed by atoms with E-state index in [1.165, 1.54) is 0 Å². The minimum atomic E-state index is -0.465. The van der Waals surface area contributed by atoms with Gasteiger partial charge in [-0.1, -0.05) is 42.5 Å². The molecule has 1 heterocycles. The van der Waals surface area contributed by atoms with Gasteiger partial charge in [0, 0.05) is 26.3 Å². The molecule has 1 aliphatic rings. The predicted octanol–water partition coefficient (Wildman–Crippen LogP) is 3.10. The monoisotopic (exact) mass is 404 g/mol. The van der Waals surface area contributed by atoms with Crippen LogP contribution in [0.15, 0.2) is 54.6 Å². The van der Waals surface area contributed by atoms with Crippen molar-refractivity contribution in [2.24, 2.45) is 11.1 Å².